The van der Waals surface area contributed by atoms with E-state index in [1.807, 2.05) is 0 Å². The van der Waals surface area contributed by atoms with Crippen LogP contribution in [-0.2, 0) is 9.53 Å². The van der Waals surface area contributed by atoms with Gasteiger partial charge in [-0.2, -0.15) is 0 Å². The van der Waals surface area contributed by atoms with Gasteiger partial charge in [-0.05, 0) is 19.8 Å². The molecular formula is C14H14N4O5. The molecule has 0 bridgehead atoms. The number of imidazole rings is 1. The number of carbonyl (C=O) groups is 1. The molecule has 4 atom stereocenters. The first-order chi connectivity index (χ1) is 10.9. The summed E-state index contributed by atoms with van der Waals surface area (Å²) in [4.78, 5) is 23.7. The summed E-state index contributed by atoms with van der Waals surface area (Å²) in [6, 6.07) is 0. The van der Waals surface area contributed by atoms with Gasteiger partial charge in [-0.15, -0.1) is 0 Å². The van der Waals surface area contributed by atoms with Crippen molar-refractivity contribution >= 4 is 17.1 Å². The quantitative estimate of drug-likeness (QED) is 0.614. The number of hydrogen-bond donors (Lipinski definition) is 3. The Morgan fingerprint density at radius 1 is 1.35 bits per heavy atom. The van der Waals surface area contributed by atoms with Gasteiger partial charge >= 0.3 is 5.97 Å². The summed E-state index contributed by atoms with van der Waals surface area (Å²) in [6.45, 7) is 3.39. The van der Waals surface area contributed by atoms with Crippen LogP contribution >= 0.6 is 0 Å². The summed E-state index contributed by atoms with van der Waals surface area (Å²) in [5.41, 5.74) is 1.42. The van der Waals surface area contributed by atoms with Crippen LogP contribution in [0.1, 0.15) is 24.7 Å². The van der Waals surface area contributed by atoms with Crippen molar-refractivity contribution in [2.75, 3.05) is 0 Å². The van der Waals surface area contributed by atoms with Crippen LogP contribution in [-0.4, -0.2) is 59.1 Å². The molecule has 3 N–H and O–H groups in total. The van der Waals surface area contributed by atoms with Crippen LogP contribution in [0.4, 0.5) is 0 Å². The number of aliphatic hydroxyl groups excluding tert-OH is 2. The molecule has 1 saturated heterocycles. The van der Waals surface area contributed by atoms with Crippen molar-refractivity contribution in [3.05, 3.63) is 17.8 Å². The first-order valence-corrected chi connectivity index (χ1v) is 6.82. The molecule has 0 saturated carbocycles. The van der Waals surface area contributed by atoms with Crippen molar-refractivity contribution in [1.82, 2.24) is 19.5 Å². The average molecular weight is 318 g/mol. The van der Waals surface area contributed by atoms with Crippen molar-refractivity contribution in [2.24, 2.45) is 0 Å². The Kier molecular flexibility index (Phi) is 3.73. The summed E-state index contributed by atoms with van der Waals surface area (Å²) in [6.07, 6.45) is -4.25. The lowest BCUT2D eigenvalue weighted by atomic mass is 10.1. The number of aryl methyl sites for hydroxylation is 1. The number of aliphatic carboxylic acids is 1. The molecule has 3 heterocycles. The molecule has 1 unspecified atom stereocenters. The molecule has 2 aromatic rings. The molecule has 0 radical (unpaired) electrons. The zero-order valence-corrected chi connectivity index (χ0v) is 12.3. The minimum atomic E-state index is -1.55. The van der Waals surface area contributed by atoms with E-state index in [0.717, 1.165) is 0 Å². The number of carboxylic acids is 1. The highest BCUT2D eigenvalue weighted by Gasteiger charge is 2.47. The SMILES string of the molecule is CC#Cc1nc(C)c2ncn([C@@H]3O[C@H](C(=O)O)[C@H](O)C3O)c2n1. The zero-order chi connectivity index (χ0) is 16.7. The summed E-state index contributed by atoms with van der Waals surface area (Å²) in [7, 11) is 0. The monoisotopic (exact) mass is 318 g/mol. The minimum absolute atomic E-state index is 0.280. The summed E-state index contributed by atoms with van der Waals surface area (Å²) < 4.78 is 6.64. The van der Waals surface area contributed by atoms with Crippen molar-refractivity contribution in [3.63, 3.8) is 0 Å². The Morgan fingerprint density at radius 2 is 2.09 bits per heavy atom. The highest BCUT2D eigenvalue weighted by Crippen LogP contribution is 2.31. The normalized spacial score (nSPS) is 27.0. The van der Waals surface area contributed by atoms with E-state index in [1.54, 1.807) is 13.8 Å². The molecule has 9 heteroatoms. The lowest BCUT2D eigenvalue weighted by molar-refractivity contribution is -0.155. The second kappa shape index (κ2) is 5.58. The van der Waals surface area contributed by atoms with Crippen LogP contribution in [0.15, 0.2) is 6.33 Å². The summed E-state index contributed by atoms with van der Waals surface area (Å²) in [5.74, 6) is 4.35. The standard InChI is InChI=1S/C14H14N4O5/c1-3-4-7-16-6(2)8-12(17-7)18(5-15-8)13-10(20)9(19)11(23-13)14(21)22/h5,9-11,13,19-20H,1-2H3,(H,21,22)/t9-,10?,11+,13-/m1/s1. The van der Waals surface area contributed by atoms with Crippen molar-refractivity contribution in [2.45, 2.75) is 38.4 Å². The number of rotatable bonds is 2. The minimum Gasteiger partial charge on any atom is -0.479 e. The molecule has 0 aliphatic carbocycles. The van der Waals surface area contributed by atoms with Crippen LogP contribution in [0.2, 0.25) is 0 Å². The van der Waals surface area contributed by atoms with E-state index < -0.39 is 30.5 Å². The zero-order valence-electron chi connectivity index (χ0n) is 12.3. The van der Waals surface area contributed by atoms with Crippen molar-refractivity contribution in [1.29, 1.82) is 0 Å². The lowest BCUT2D eigenvalue weighted by Crippen LogP contribution is -2.35. The molecule has 1 fully saturated rings. The van der Waals surface area contributed by atoms with Crippen LogP contribution in [0.25, 0.3) is 11.2 Å². The highest BCUT2D eigenvalue weighted by molar-refractivity contribution is 5.75. The van der Waals surface area contributed by atoms with Crippen molar-refractivity contribution < 1.29 is 24.9 Å². The Hall–Kier alpha value is -2.54. The first kappa shape index (κ1) is 15.4. The molecule has 3 rings (SSSR count). The average Bonchev–Trinajstić information content (AvgIpc) is 3.03. The van der Waals surface area contributed by atoms with E-state index >= 15 is 0 Å². The van der Waals surface area contributed by atoms with Gasteiger partial charge in [0.15, 0.2) is 18.0 Å². The fourth-order valence-electron chi connectivity index (χ4n) is 2.50. The van der Waals surface area contributed by atoms with Gasteiger partial charge in [0.1, 0.15) is 17.7 Å². The third-order valence-electron chi connectivity index (χ3n) is 3.59. The van der Waals surface area contributed by atoms with Crippen LogP contribution in [0.3, 0.4) is 0 Å². The number of hydrogen-bond acceptors (Lipinski definition) is 7. The third-order valence-corrected chi connectivity index (χ3v) is 3.59. The number of ether oxygens (including phenoxy) is 1. The smallest absolute Gasteiger partial charge is 0.335 e. The molecule has 120 valence electrons. The third kappa shape index (κ3) is 2.43. The van der Waals surface area contributed by atoms with Gasteiger partial charge in [0.2, 0.25) is 5.82 Å². The Labute approximate surface area is 130 Å². The topological polar surface area (TPSA) is 131 Å². The fourth-order valence-corrected chi connectivity index (χ4v) is 2.50. The number of aromatic nitrogens is 4. The maximum Gasteiger partial charge on any atom is 0.335 e. The van der Waals surface area contributed by atoms with E-state index in [2.05, 4.69) is 26.8 Å². The summed E-state index contributed by atoms with van der Waals surface area (Å²) in [5, 5.41) is 28.9. The second-order valence-corrected chi connectivity index (χ2v) is 5.10. The van der Waals surface area contributed by atoms with Gasteiger partial charge < -0.3 is 20.1 Å². The summed E-state index contributed by atoms with van der Waals surface area (Å²) >= 11 is 0. The van der Waals surface area contributed by atoms with Gasteiger partial charge in [0, 0.05) is 0 Å². The van der Waals surface area contributed by atoms with Gasteiger partial charge in [0.05, 0.1) is 12.0 Å². The molecule has 1 aliphatic rings. The fraction of sp³-hybridized carbons (Fsp3) is 0.429. The molecule has 0 aromatic carbocycles. The van der Waals surface area contributed by atoms with Crippen LogP contribution in [0.5, 0.6) is 0 Å². The van der Waals surface area contributed by atoms with Gasteiger partial charge in [-0.3, -0.25) is 4.57 Å². The Morgan fingerprint density at radius 3 is 2.70 bits per heavy atom. The van der Waals surface area contributed by atoms with E-state index in [-0.39, 0.29) is 5.82 Å². The molecule has 23 heavy (non-hydrogen) atoms. The highest BCUT2D eigenvalue weighted by atomic mass is 16.6. The number of fused-ring (bicyclic) bond motifs is 1. The molecule has 9 nitrogen and oxygen atoms in total. The predicted molar refractivity (Wildman–Crippen MR) is 76.2 cm³/mol. The van der Waals surface area contributed by atoms with Crippen LogP contribution < -0.4 is 0 Å². The molecule has 2 aromatic heterocycles. The van der Waals surface area contributed by atoms with E-state index in [0.29, 0.717) is 16.9 Å². The maximum atomic E-state index is 11.1. The molecule has 1 aliphatic heterocycles. The second-order valence-electron chi connectivity index (χ2n) is 5.10. The number of nitrogens with zero attached hydrogens (tertiary/aromatic N) is 4. The molecule has 0 amide bonds. The Balaban J connectivity index is 2.09. The van der Waals surface area contributed by atoms with E-state index in [9.17, 15) is 15.0 Å². The van der Waals surface area contributed by atoms with E-state index in [1.165, 1.54) is 10.9 Å². The van der Waals surface area contributed by atoms with Gasteiger partial charge in [0.25, 0.3) is 0 Å². The number of carboxylic acid groups (broad SMARTS) is 1. The molecule has 0 spiro atoms. The maximum absolute atomic E-state index is 11.1. The first-order valence-electron chi connectivity index (χ1n) is 6.82. The van der Waals surface area contributed by atoms with Gasteiger partial charge in [-0.1, -0.05) is 5.92 Å². The Bertz CT molecular complexity index is 837. The van der Waals surface area contributed by atoms with Crippen molar-refractivity contribution in [3.8, 4) is 11.8 Å². The predicted octanol–water partition coefficient (Wildman–Crippen LogP) is -0.790. The van der Waals surface area contributed by atoms with E-state index in [4.69, 9.17) is 9.84 Å². The number of aliphatic hydroxyl groups is 2. The van der Waals surface area contributed by atoms with Crippen LogP contribution in [0, 0.1) is 18.8 Å². The van der Waals surface area contributed by atoms with Gasteiger partial charge in [-0.25, -0.2) is 19.7 Å². The lowest BCUT2D eigenvalue weighted by Gasteiger charge is -2.16. The largest absolute Gasteiger partial charge is 0.479 e. The molecular weight excluding hydrogens is 304 g/mol.